The molecule has 0 spiro atoms. The standard InChI is InChI=1S/C14H19N/c1-6-7-15-13(5)14-9-11(3)10(2)8-12(14)4/h6-9,15H,5H2,1-4H3/b7-6-. The van der Waals surface area contributed by atoms with E-state index in [4.69, 9.17) is 0 Å². The molecule has 1 aromatic rings. The van der Waals surface area contributed by atoms with Gasteiger partial charge in [0.25, 0.3) is 0 Å². The van der Waals surface area contributed by atoms with Crippen LogP contribution in [0.4, 0.5) is 0 Å². The van der Waals surface area contributed by atoms with Crippen molar-refractivity contribution in [2.75, 3.05) is 0 Å². The van der Waals surface area contributed by atoms with Gasteiger partial charge in [0.1, 0.15) is 0 Å². The van der Waals surface area contributed by atoms with Crippen LogP contribution in [0.3, 0.4) is 0 Å². The molecular formula is C14H19N. The second-order valence-corrected chi connectivity index (χ2v) is 3.87. The number of benzene rings is 1. The maximum Gasteiger partial charge on any atom is 0.0383 e. The first-order valence-corrected chi connectivity index (χ1v) is 5.21. The third kappa shape index (κ3) is 2.72. The zero-order chi connectivity index (χ0) is 11.4. The van der Waals surface area contributed by atoms with Crippen LogP contribution >= 0.6 is 0 Å². The Balaban J connectivity index is 3.04. The van der Waals surface area contributed by atoms with Gasteiger partial charge < -0.3 is 5.32 Å². The Bertz CT molecular complexity index is 400. The summed E-state index contributed by atoms with van der Waals surface area (Å²) in [7, 11) is 0. The molecule has 0 saturated heterocycles. The lowest BCUT2D eigenvalue weighted by Crippen LogP contribution is -2.04. The molecule has 0 radical (unpaired) electrons. The molecule has 0 heterocycles. The van der Waals surface area contributed by atoms with E-state index in [0.717, 1.165) is 5.70 Å². The van der Waals surface area contributed by atoms with Crippen molar-refractivity contribution in [3.8, 4) is 0 Å². The van der Waals surface area contributed by atoms with Crippen molar-refractivity contribution in [1.29, 1.82) is 0 Å². The van der Waals surface area contributed by atoms with Gasteiger partial charge in [0, 0.05) is 11.3 Å². The van der Waals surface area contributed by atoms with Gasteiger partial charge in [-0.15, -0.1) is 0 Å². The maximum atomic E-state index is 4.03. The molecule has 1 aromatic carbocycles. The molecule has 0 saturated carbocycles. The fraction of sp³-hybridized carbons (Fsp3) is 0.286. The molecule has 1 rings (SSSR count). The predicted octanol–water partition coefficient (Wildman–Crippen LogP) is 3.71. The predicted molar refractivity (Wildman–Crippen MR) is 67.6 cm³/mol. The topological polar surface area (TPSA) is 12.0 Å². The number of nitrogens with one attached hydrogen (secondary N) is 1. The first-order chi connectivity index (χ1) is 7.06. The van der Waals surface area contributed by atoms with Gasteiger partial charge in [-0.2, -0.15) is 0 Å². The van der Waals surface area contributed by atoms with Crippen LogP contribution in [0, 0.1) is 20.8 Å². The van der Waals surface area contributed by atoms with Crippen LogP contribution in [0.25, 0.3) is 5.70 Å². The van der Waals surface area contributed by atoms with E-state index in [0.29, 0.717) is 0 Å². The van der Waals surface area contributed by atoms with E-state index in [1.807, 2.05) is 19.2 Å². The summed E-state index contributed by atoms with van der Waals surface area (Å²) in [6.45, 7) is 12.4. The highest BCUT2D eigenvalue weighted by atomic mass is 14.8. The van der Waals surface area contributed by atoms with Crippen molar-refractivity contribution in [3.63, 3.8) is 0 Å². The summed E-state index contributed by atoms with van der Waals surface area (Å²) in [5.74, 6) is 0. The van der Waals surface area contributed by atoms with E-state index in [1.54, 1.807) is 0 Å². The molecule has 0 fully saturated rings. The second-order valence-electron chi connectivity index (χ2n) is 3.87. The van der Waals surface area contributed by atoms with Crippen LogP contribution in [-0.4, -0.2) is 0 Å². The Morgan fingerprint density at radius 1 is 1.13 bits per heavy atom. The zero-order valence-corrected chi connectivity index (χ0v) is 10.0. The third-order valence-corrected chi connectivity index (χ3v) is 2.59. The molecule has 0 unspecified atom stereocenters. The molecule has 0 amide bonds. The Morgan fingerprint density at radius 3 is 2.33 bits per heavy atom. The average Bonchev–Trinajstić information content (AvgIpc) is 2.20. The molecule has 80 valence electrons. The van der Waals surface area contributed by atoms with E-state index in [1.165, 1.54) is 22.3 Å². The van der Waals surface area contributed by atoms with Gasteiger partial charge in [0.15, 0.2) is 0 Å². The second kappa shape index (κ2) is 4.83. The van der Waals surface area contributed by atoms with Crippen LogP contribution in [0.5, 0.6) is 0 Å². The van der Waals surface area contributed by atoms with Gasteiger partial charge in [-0.1, -0.05) is 18.7 Å². The third-order valence-electron chi connectivity index (χ3n) is 2.59. The normalized spacial score (nSPS) is 10.7. The average molecular weight is 201 g/mol. The Kier molecular flexibility index (Phi) is 3.73. The summed E-state index contributed by atoms with van der Waals surface area (Å²) in [6.07, 6.45) is 3.86. The van der Waals surface area contributed by atoms with Gasteiger partial charge in [-0.25, -0.2) is 0 Å². The fourth-order valence-electron chi connectivity index (χ4n) is 1.55. The Hall–Kier alpha value is -1.50. The van der Waals surface area contributed by atoms with E-state index in [2.05, 4.69) is 44.8 Å². The van der Waals surface area contributed by atoms with Crippen LogP contribution in [0.15, 0.2) is 31.0 Å². The summed E-state index contributed by atoms with van der Waals surface area (Å²) in [5, 5.41) is 3.16. The minimum absolute atomic E-state index is 0.953. The first kappa shape index (κ1) is 11.6. The van der Waals surface area contributed by atoms with Crippen molar-refractivity contribution in [2.24, 2.45) is 0 Å². The van der Waals surface area contributed by atoms with Crippen molar-refractivity contribution in [1.82, 2.24) is 5.32 Å². The lowest BCUT2D eigenvalue weighted by molar-refractivity contribution is 1.18. The van der Waals surface area contributed by atoms with Crippen molar-refractivity contribution < 1.29 is 0 Å². The van der Waals surface area contributed by atoms with E-state index >= 15 is 0 Å². The van der Waals surface area contributed by atoms with Crippen molar-refractivity contribution in [3.05, 3.63) is 53.2 Å². The largest absolute Gasteiger partial charge is 0.362 e. The minimum atomic E-state index is 0.953. The van der Waals surface area contributed by atoms with Crippen LogP contribution in [0.2, 0.25) is 0 Å². The lowest BCUT2D eigenvalue weighted by atomic mass is 9.99. The number of aryl methyl sites for hydroxylation is 3. The smallest absolute Gasteiger partial charge is 0.0383 e. The quantitative estimate of drug-likeness (QED) is 0.786. The van der Waals surface area contributed by atoms with E-state index in [9.17, 15) is 0 Å². The monoisotopic (exact) mass is 201 g/mol. The van der Waals surface area contributed by atoms with Gasteiger partial charge in [0.05, 0.1) is 0 Å². The SMILES string of the molecule is C=C(N/C=C\C)c1cc(C)c(C)cc1C. The molecule has 0 aliphatic heterocycles. The fourth-order valence-corrected chi connectivity index (χ4v) is 1.55. The van der Waals surface area contributed by atoms with Crippen molar-refractivity contribution >= 4 is 5.70 Å². The molecule has 0 aliphatic carbocycles. The van der Waals surface area contributed by atoms with Gasteiger partial charge >= 0.3 is 0 Å². The molecule has 0 atom stereocenters. The van der Waals surface area contributed by atoms with Gasteiger partial charge in [0.2, 0.25) is 0 Å². The molecule has 15 heavy (non-hydrogen) atoms. The lowest BCUT2D eigenvalue weighted by Gasteiger charge is -2.12. The summed E-state index contributed by atoms with van der Waals surface area (Å²) in [5.41, 5.74) is 6.04. The molecular weight excluding hydrogens is 182 g/mol. The van der Waals surface area contributed by atoms with Crippen LogP contribution < -0.4 is 5.32 Å². The zero-order valence-electron chi connectivity index (χ0n) is 10.0. The molecule has 1 heteroatoms. The van der Waals surface area contributed by atoms with Crippen molar-refractivity contribution in [2.45, 2.75) is 27.7 Å². The van der Waals surface area contributed by atoms with Crippen LogP contribution in [-0.2, 0) is 0 Å². The number of hydrogen-bond donors (Lipinski definition) is 1. The highest BCUT2D eigenvalue weighted by Gasteiger charge is 2.03. The molecule has 0 aliphatic rings. The Labute approximate surface area is 92.5 Å². The van der Waals surface area contributed by atoms with E-state index < -0.39 is 0 Å². The molecule has 1 nitrogen and oxygen atoms in total. The number of hydrogen-bond acceptors (Lipinski definition) is 1. The van der Waals surface area contributed by atoms with Crippen LogP contribution in [0.1, 0.15) is 29.2 Å². The summed E-state index contributed by atoms with van der Waals surface area (Å²) in [6, 6.07) is 4.39. The highest BCUT2D eigenvalue weighted by Crippen LogP contribution is 2.19. The maximum absolute atomic E-state index is 4.03. The summed E-state index contributed by atoms with van der Waals surface area (Å²) in [4.78, 5) is 0. The minimum Gasteiger partial charge on any atom is -0.362 e. The number of rotatable bonds is 3. The summed E-state index contributed by atoms with van der Waals surface area (Å²) < 4.78 is 0. The Morgan fingerprint density at radius 2 is 1.73 bits per heavy atom. The number of allylic oxidation sites excluding steroid dienone is 1. The molecule has 1 N–H and O–H groups in total. The summed E-state index contributed by atoms with van der Waals surface area (Å²) >= 11 is 0. The molecule has 0 aromatic heterocycles. The van der Waals surface area contributed by atoms with Gasteiger partial charge in [-0.3, -0.25) is 0 Å². The van der Waals surface area contributed by atoms with E-state index in [-0.39, 0.29) is 0 Å². The first-order valence-electron chi connectivity index (χ1n) is 5.21. The van der Waals surface area contributed by atoms with Gasteiger partial charge in [-0.05, 0) is 56.7 Å². The highest BCUT2D eigenvalue weighted by molar-refractivity contribution is 5.66. The molecule has 0 bridgehead atoms.